The van der Waals surface area contributed by atoms with Crippen LogP contribution in [0.4, 0.5) is 0 Å². The minimum atomic E-state index is -3.68. The minimum absolute atomic E-state index is 0.0540. The fourth-order valence-corrected chi connectivity index (χ4v) is 3.09. The van der Waals surface area contributed by atoms with Crippen LogP contribution in [0.1, 0.15) is 16.8 Å². The van der Waals surface area contributed by atoms with Crippen molar-refractivity contribution in [1.29, 1.82) is 0 Å². The van der Waals surface area contributed by atoms with Gasteiger partial charge < -0.3 is 5.11 Å². The molecule has 0 atom stereocenters. The summed E-state index contributed by atoms with van der Waals surface area (Å²) in [5, 5.41) is 9.25. The number of rotatable bonds is 5. The maximum absolute atomic E-state index is 12.2. The average Bonchev–Trinajstić information content (AvgIpc) is 2.46. The van der Waals surface area contributed by atoms with Crippen molar-refractivity contribution in [3.05, 3.63) is 58.4 Å². The summed E-state index contributed by atoms with van der Waals surface area (Å²) in [6, 6.07) is 7.87. The second kappa shape index (κ2) is 6.53. The number of sulfonamides is 1. The standard InChI is InChI=1S/C14H15ClN2O3S/c1-10-3-2-6-16-14(10)8-17-21(19,20)12-5-4-11(9-18)13(15)7-12/h2-7,17-18H,8-9H2,1H3. The molecule has 0 saturated heterocycles. The highest BCUT2D eigenvalue weighted by molar-refractivity contribution is 7.89. The van der Waals surface area contributed by atoms with E-state index < -0.39 is 10.0 Å². The number of aliphatic hydroxyl groups is 1. The number of hydrogen-bond donors (Lipinski definition) is 2. The van der Waals surface area contributed by atoms with E-state index in [1.54, 1.807) is 12.3 Å². The first-order valence-electron chi connectivity index (χ1n) is 6.23. The second-order valence-corrected chi connectivity index (χ2v) is 6.68. The molecule has 0 spiro atoms. The normalized spacial score (nSPS) is 11.6. The molecule has 0 amide bonds. The zero-order valence-electron chi connectivity index (χ0n) is 11.4. The second-order valence-electron chi connectivity index (χ2n) is 4.50. The summed E-state index contributed by atoms with van der Waals surface area (Å²) >= 11 is 5.91. The van der Waals surface area contributed by atoms with Crippen molar-refractivity contribution in [1.82, 2.24) is 9.71 Å². The fourth-order valence-electron chi connectivity index (χ4n) is 1.77. The molecule has 1 aromatic carbocycles. The number of halogens is 1. The van der Waals surface area contributed by atoms with E-state index in [9.17, 15) is 8.42 Å². The maximum Gasteiger partial charge on any atom is 0.240 e. The van der Waals surface area contributed by atoms with Gasteiger partial charge >= 0.3 is 0 Å². The Bertz CT molecular complexity index is 748. The summed E-state index contributed by atoms with van der Waals surface area (Å²) in [5.74, 6) is 0. The van der Waals surface area contributed by atoms with Crippen LogP contribution in [0.25, 0.3) is 0 Å². The molecule has 0 saturated carbocycles. The topological polar surface area (TPSA) is 79.3 Å². The van der Waals surface area contributed by atoms with E-state index in [2.05, 4.69) is 9.71 Å². The van der Waals surface area contributed by atoms with Crippen molar-refractivity contribution < 1.29 is 13.5 Å². The summed E-state index contributed by atoms with van der Waals surface area (Å²) in [5.41, 5.74) is 2.06. The van der Waals surface area contributed by atoms with E-state index in [1.807, 2.05) is 13.0 Å². The van der Waals surface area contributed by atoms with E-state index in [0.717, 1.165) is 5.56 Å². The largest absolute Gasteiger partial charge is 0.392 e. The van der Waals surface area contributed by atoms with Gasteiger partial charge in [0.1, 0.15) is 0 Å². The number of nitrogens with zero attached hydrogens (tertiary/aromatic N) is 1. The quantitative estimate of drug-likeness (QED) is 0.881. The zero-order chi connectivity index (χ0) is 15.5. The van der Waals surface area contributed by atoms with E-state index in [4.69, 9.17) is 16.7 Å². The Hall–Kier alpha value is -1.47. The highest BCUT2D eigenvalue weighted by Gasteiger charge is 2.16. The average molecular weight is 327 g/mol. The van der Waals surface area contributed by atoms with Crippen molar-refractivity contribution in [2.75, 3.05) is 0 Å². The van der Waals surface area contributed by atoms with E-state index in [-0.39, 0.29) is 23.1 Å². The third-order valence-corrected chi connectivity index (χ3v) is 4.80. The van der Waals surface area contributed by atoms with Crippen LogP contribution in [0.2, 0.25) is 5.02 Å². The molecule has 0 fully saturated rings. The molecule has 112 valence electrons. The third kappa shape index (κ3) is 3.79. The van der Waals surface area contributed by atoms with Crippen LogP contribution in [0, 0.1) is 6.92 Å². The van der Waals surface area contributed by atoms with Gasteiger partial charge in [0, 0.05) is 11.2 Å². The Morgan fingerprint density at radius 1 is 1.33 bits per heavy atom. The Labute approximate surface area is 128 Å². The van der Waals surface area contributed by atoms with Gasteiger partial charge in [-0.25, -0.2) is 13.1 Å². The molecule has 2 rings (SSSR count). The van der Waals surface area contributed by atoms with Crippen molar-refractivity contribution in [3.63, 3.8) is 0 Å². The first-order chi connectivity index (χ1) is 9.94. The highest BCUT2D eigenvalue weighted by Crippen LogP contribution is 2.21. The Kier molecular flexibility index (Phi) is 4.95. The predicted octanol–water partition coefficient (Wildman–Crippen LogP) is 2.01. The minimum Gasteiger partial charge on any atom is -0.392 e. The summed E-state index contributed by atoms with van der Waals surface area (Å²) in [7, 11) is -3.68. The lowest BCUT2D eigenvalue weighted by atomic mass is 10.2. The van der Waals surface area contributed by atoms with Gasteiger partial charge in [-0.3, -0.25) is 4.98 Å². The summed E-state index contributed by atoms with van der Waals surface area (Å²) in [4.78, 5) is 4.19. The zero-order valence-corrected chi connectivity index (χ0v) is 12.9. The molecule has 21 heavy (non-hydrogen) atoms. The number of nitrogens with one attached hydrogen (secondary N) is 1. The van der Waals surface area contributed by atoms with Crippen LogP contribution in [0.5, 0.6) is 0 Å². The van der Waals surface area contributed by atoms with Crippen molar-refractivity contribution in [2.24, 2.45) is 0 Å². The molecule has 5 nitrogen and oxygen atoms in total. The van der Waals surface area contributed by atoms with Crippen molar-refractivity contribution in [2.45, 2.75) is 25.0 Å². The SMILES string of the molecule is Cc1cccnc1CNS(=O)(=O)c1ccc(CO)c(Cl)c1. The van der Waals surface area contributed by atoms with E-state index >= 15 is 0 Å². The summed E-state index contributed by atoms with van der Waals surface area (Å²) in [6.45, 7) is 1.73. The molecule has 0 aliphatic carbocycles. The van der Waals surface area contributed by atoms with Crippen molar-refractivity contribution >= 4 is 21.6 Å². The van der Waals surface area contributed by atoms with Crippen LogP contribution >= 0.6 is 11.6 Å². The first-order valence-corrected chi connectivity index (χ1v) is 8.09. The van der Waals surface area contributed by atoms with Crippen molar-refractivity contribution in [3.8, 4) is 0 Å². The van der Waals surface area contributed by atoms with E-state index in [0.29, 0.717) is 11.3 Å². The van der Waals surface area contributed by atoms with Crippen LogP contribution < -0.4 is 4.72 Å². The molecule has 1 aromatic heterocycles. The number of aliphatic hydroxyl groups excluding tert-OH is 1. The Morgan fingerprint density at radius 3 is 2.71 bits per heavy atom. The Balaban J connectivity index is 2.19. The molecule has 0 aliphatic heterocycles. The van der Waals surface area contributed by atoms with Gasteiger partial charge in [0.15, 0.2) is 0 Å². The molecule has 0 unspecified atom stereocenters. The first kappa shape index (κ1) is 15.9. The van der Waals surface area contributed by atoms with Gasteiger partial charge in [0.05, 0.1) is 23.7 Å². The number of benzene rings is 1. The molecule has 1 heterocycles. The third-order valence-electron chi connectivity index (χ3n) is 3.05. The molecule has 7 heteroatoms. The molecule has 0 radical (unpaired) electrons. The number of aromatic nitrogens is 1. The van der Waals surface area contributed by atoms with Crippen LogP contribution in [0.15, 0.2) is 41.4 Å². The highest BCUT2D eigenvalue weighted by atomic mass is 35.5. The van der Waals surface area contributed by atoms with Gasteiger partial charge in [-0.15, -0.1) is 0 Å². The Morgan fingerprint density at radius 2 is 2.10 bits per heavy atom. The molecule has 2 aromatic rings. The maximum atomic E-state index is 12.2. The lowest BCUT2D eigenvalue weighted by Crippen LogP contribution is -2.24. The lowest BCUT2D eigenvalue weighted by Gasteiger charge is -2.09. The molecule has 0 bridgehead atoms. The molecular weight excluding hydrogens is 312 g/mol. The van der Waals surface area contributed by atoms with Crippen LogP contribution in [-0.4, -0.2) is 18.5 Å². The predicted molar refractivity (Wildman–Crippen MR) is 80.4 cm³/mol. The smallest absolute Gasteiger partial charge is 0.240 e. The molecule has 0 aliphatic rings. The summed E-state index contributed by atoms with van der Waals surface area (Å²) in [6.07, 6.45) is 1.61. The van der Waals surface area contributed by atoms with Gasteiger partial charge in [0.2, 0.25) is 10.0 Å². The molecular formula is C14H15ClN2O3S. The van der Waals surface area contributed by atoms with Gasteiger partial charge in [0.25, 0.3) is 0 Å². The van der Waals surface area contributed by atoms with Gasteiger partial charge in [-0.1, -0.05) is 23.7 Å². The van der Waals surface area contributed by atoms with Gasteiger partial charge in [-0.05, 0) is 36.2 Å². The van der Waals surface area contributed by atoms with Crippen LogP contribution in [-0.2, 0) is 23.2 Å². The monoisotopic (exact) mass is 326 g/mol. The number of pyridine rings is 1. The lowest BCUT2D eigenvalue weighted by molar-refractivity contribution is 0.282. The van der Waals surface area contributed by atoms with Crippen LogP contribution in [0.3, 0.4) is 0 Å². The fraction of sp³-hybridized carbons (Fsp3) is 0.214. The molecule has 2 N–H and O–H groups in total. The van der Waals surface area contributed by atoms with E-state index in [1.165, 1.54) is 18.2 Å². The summed E-state index contributed by atoms with van der Waals surface area (Å²) < 4.78 is 26.9. The number of aryl methyl sites for hydroxylation is 1. The van der Waals surface area contributed by atoms with Gasteiger partial charge in [-0.2, -0.15) is 0 Å². The number of hydrogen-bond acceptors (Lipinski definition) is 4.